The molecule has 0 radical (unpaired) electrons. The third kappa shape index (κ3) is 3.35. The SMILES string of the molecule is Cc1c(OCC(C)(C)O)ccc2c1[C@]1(COC(N)=N1)c1cc(-c3cccnc3)ccc1O2. The van der Waals surface area contributed by atoms with Gasteiger partial charge in [-0.25, -0.2) is 4.99 Å². The maximum Gasteiger partial charge on any atom is 0.283 e. The number of nitrogens with two attached hydrogens (primary N) is 1. The van der Waals surface area contributed by atoms with Crippen molar-refractivity contribution in [2.45, 2.75) is 31.9 Å². The summed E-state index contributed by atoms with van der Waals surface area (Å²) in [6.45, 7) is 5.79. The number of hydrogen-bond donors (Lipinski definition) is 2. The number of ether oxygens (including phenoxy) is 3. The topological polar surface area (TPSA) is 99.2 Å². The Kier molecular flexibility index (Phi) is 4.60. The lowest BCUT2D eigenvalue weighted by Crippen LogP contribution is -2.32. The molecule has 7 nitrogen and oxygen atoms in total. The maximum atomic E-state index is 10.1. The van der Waals surface area contributed by atoms with Crippen molar-refractivity contribution in [3.8, 4) is 28.4 Å². The van der Waals surface area contributed by atoms with Gasteiger partial charge in [0, 0.05) is 34.6 Å². The largest absolute Gasteiger partial charge is 0.490 e. The van der Waals surface area contributed by atoms with Crippen LogP contribution in [0.2, 0.25) is 0 Å². The van der Waals surface area contributed by atoms with Gasteiger partial charge in [0.2, 0.25) is 0 Å². The summed E-state index contributed by atoms with van der Waals surface area (Å²) in [7, 11) is 0. The van der Waals surface area contributed by atoms with Gasteiger partial charge in [-0.2, -0.15) is 0 Å². The first-order valence-corrected chi connectivity index (χ1v) is 10.5. The number of nitrogens with zero attached hydrogens (tertiary/aromatic N) is 2. The summed E-state index contributed by atoms with van der Waals surface area (Å²) in [5.41, 5.74) is 8.78. The third-order valence-electron chi connectivity index (χ3n) is 5.74. The average Bonchev–Trinajstić information content (AvgIpc) is 3.15. The second-order valence-corrected chi connectivity index (χ2v) is 8.82. The van der Waals surface area contributed by atoms with Crippen LogP contribution in [0.4, 0.5) is 0 Å². The van der Waals surface area contributed by atoms with Crippen LogP contribution in [0, 0.1) is 6.92 Å². The van der Waals surface area contributed by atoms with E-state index in [1.54, 1.807) is 20.0 Å². The Hall–Kier alpha value is -3.58. The molecule has 2 aliphatic rings. The van der Waals surface area contributed by atoms with Gasteiger partial charge in [-0.1, -0.05) is 12.1 Å². The molecule has 0 saturated heterocycles. The van der Waals surface area contributed by atoms with Crippen LogP contribution in [0.5, 0.6) is 17.2 Å². The van der Waals surface area contributed by atoms with Crippen molar-refractivity contribution in [1.29, 1.82) is 0 Å². The van der Waals surface area contributed by atoms with Gasteiger partial charge in [-0.15, -0.1) is 0 Å². The molecule has 1 spiro atoms. The fraction of sp³-hybridized carbons (Fsp3) is 0.280. The quantitative estimate of drug-likeness (QED) is 0.650. The molecule has 0 unspecified atom stereocenters. The van der Waals surface area contributed by atoms with E-state index in [0.717, 1.165) is 27.8 Å². The highest BCUT2D eigenvalue weighted by atomic mass is 16.5. The van der Waals surface area contributed by atoms with Gasteiger partial charge >= 0.3 is 0 Å². The molecular formula is C25H25N3O4. The van der Waals surface area contributed by atoms with Gasteiger partial charge in [-0.05, 0) is 56.7 Å². The molecule has 0 saturated carbocycles. The molecule has 164 valence electrons. The van der Waals surface area contributed by atoms with E-state index in [4.69, 9.17) is 24.9 Å². The van der Waals surface area contributed by atoms with Gasteiger partial charge in [0.1, 0.15) is 30.5 Å². The van der Waals surface area contributed by atoms with Crippen LogP contribution >= 0.6 is 0 Å². The van der Waals surface area contributed by atoms with E-state index in [0.29, 0.717) is 17.2 Å². The molecular weight excluding hydrogens is 406 g/mol. The molecule has 5 rings (SSSR count). The number of amidine groups is 1. The van der Waals surface area contributed by atoms with Crippen molar-refractivity contribution < 1.29 is 19.3 Å². The highest BCUT2D eigenvalue weighted by Crippen LogP contribution is 2.54. The Morgan fingerprint density at radius 3 is 2.66 bits per heavy atom. The van der Waals surface area contributed by atoms with E-state index in [-0.39, 0.29) is 19.2 Å². The second-order valence-electron chi connectivity index (χ2n) is 8.82. The molecule has 0 aliphatic carbocycles. The van der Waals surface area contributed by atoms with Gasteiger partial charge in [-0.3, -0.25) is 4.98 Å². The van der Waals surface area contributed by atoms with Gasteiger partial charge in [0.05, 0.1) is 5.60 Å². The zero-order chi connectivity index (χ0) is 22.5. The number of fused-ring (bicyclic) bond motifs is 4. The fourth-order valence-electron chi connectivity index (χ4n) is 4.28. The Labute approximate surface area is 186 Å². The number of hydrogen-bond acceptors (Lipinski definition) is 7. The van der Waals surface area contributed by atoms with Crippen molar-refractivity contribution in [2.75, 3.05) is 13.2 Å². The first-order valence-electron chi connectivity index (χ1n) is 10.5. The minimum Gasteiger partial charge on any atom is -0.490 e. The highest BCUT2D eigenvalue weighted by Gasteiger charge is 2.48. The smallest absolute Gasteiger partial charge is 0.283 e. The van der Waals surface area contributed by atoms with Gasteiger partial charge < -0.3 is 25.1 Å². The van der Waals surface area contributed by atoms with Crippen molar-refractivity contribution in [1.82, 2.24) is 4.98 Å². The Morgan fingerprint density at radius 2 is 1.97 bits per heavy atom. The first-order chi connectivity index (χ1) is 15.3. The molecule has 2 aromatic carbocycles. The lowest BCUT2D eigenvalue weighted by molar-refractivity contribution is 0.0282. The molecule has 2 aliphatic heterocycles. The number of aliphatic imine (C=N–C) groups is 1. The summed E-state index contributed by atoms with van der Waals surface area (Å²) in [5, 5.41) is 10.1. The predicted molar refractivity (Wildman–Crippen MR) is 121 cm³/mol. The zero-order valence-corrected chi connectivity index (χ0v) is 18.3. The zero-order valence-electron chi connectivity index (χ0n) is 18.3. The van der Waals surface area contributed by atoms with Gasteiger partial charge in [0.25, 0.3) is 6.02 Å². The van der Waals surface area contributed by atoms with E-state index in [9.17, 15) is 5.11 Å². The van der Waals surface area contributed by atoms with E-state index >= 15 is 0 Å². The summed E-state index contributed by atoms with van der Waals surface area (Å²) >= 11 is 0. The lowest BCUT2D eigenvalue weighted by Gasteiger charge is -2.35. The van der Waals surface area contributed by atoms with Crippen LogP contribution in [0.3, 0.4) is 0 Å². The molecule has 0 amide bonds. The van der Waals surface area contributed by atoms with Crippen molar-refractivity contribution in [2.24, 2.45) is 10.7 Å². The molecule has 0 fully saturated rings. The van der Waals surface area contributed by atoms with E-state index < -0.39 is 11.1 Å². The number of aliphatic hydroxyl groups is 1. The van der Waals surface area contributed by atoms with Crippen LogP contribution in [0.15, 0.2) is 59.9 Å². The van der Waals surface area contributed by atoms with E-state index in [1.807, 2.05) is 49.5 Å². The van der Waals surface area contributed by atoms with Crippen LogP contribution in [-0.2, 0) is 10.3 Å². The summed E-state index contributed by atoms with van der Waals surface area (Å²) in [6, 6.07) is 13.8. The fourth-order valence-corrected chi connectivity index (χ4v) is 4.28. The molecule has 7 heteroatoms. The van der Waals surface area contributed by atoms with E-state index in [2.05, 4.69) is 11.1 Å². The third-order valence-corrected chi connectivity index (χ3v) is 5.74. The van der Waals surface area contributed by atoms with Gasteiger partial charge in [0.15, 0.2) is 5.54 Å². The second kappa shape index (κ2) is 7.24. The summed E-state index contributed by atoms with van der Waals surface area (Å²) in [5.74, 6) is 2.04. The Balaban J connectivity index is 1.67. The lowest BCUT2D eigenvalue weighted by atomic mass is 9.78. The van der Waals surface area contributed by atoms with E-state index in [1.165, 1.54) is 0 Å². The van der Waals surface area contributed by atoms with Crippen molar-refractivity contribution in [3.63, 3.8) is 0 Å². The monoisotopic (exact) mass is 431 g/mol. The number of rotatable bonds is 4. The number of aromatic nitrogens is 1. The van der Waals surface area contributed by atoms with Crippen LogP contribution < -0.4 is 15.2 Å². The Morgan fingerprint density at radius 1 is 1.16 bits per heavy atom. The molecule has 32 heavy (non-hydrogen) atoms. The molecule has 3 heterocycles. The van der Waals surface area contributed by atoms with Crippen LogP contribution in [-0.4, -0.2) is 34.9 Å². The average molecular weight is 431 g/mol. The first kappa shape index (κ1) is 20.3. The summed E-state index contributed by atoms with van der Waals surface area (Å²) in [6.07, 6.45) is 3.57. The molecule has 0 bridgehead atoms. The maximum absolute atomic E-state index is 10.1. The minimum absolute atomic E-state index is 0.137. The highest BCUT2D eigenvalue weighted by molar-refractivity contribution is 5.78. The number of benzene rings is 2. The molecule has 3 aromatic rings. The van der Waals surface area contributed by atoms with Crippen LogP contribution in [0.25, 0.3) is 11.1 Å². The summed E-state index contributed by atoms with van der Waals surface area (Å²) in [4.78, 5) is 9.02. The Bertz CT molecular complexity index is 1220. The molecule has 1 atom stereocenters. The standard InChI is InChI=1S/C25H25N3O4/c1-15-19(30-13-24(2,3)29)8-9-21-22(15)25(14-31-23(26)28-25)18-11-16(6-7-20(18)32-21)17-5-4-10-27-12-17/h4-12,29H,13-14H2,1-3H3,(H2,26,28)/t25-/m0/s1. The van der Waals surface area contributed by atoms with Crippen LogP contribution in [0.1, 0.15) is 30.5 Å². The molecule has 3 N–H and O–H groups in total. The normalized spacial score (nSPS) is 18.9. The number of pyridine rings is 1. The summed E-state index contributed by atoms with van der Waals surface area (Å²) < 4.78 is 17.9. The molecule has 1 aromatic heterocycles. The van der Waals surface area contributed by atoms with Crippen molar-refractivity contribution in [3.05, 3.63) is 71.5 Å². The van der Waals surface area contributed by atoms with Crippen molar-refractivity contribution >= 4 is 6.02 Å². The minimum atomic E-state index is -0.958. The predicted octanol–water partition coefficient (Wildman–Crippen LogP) is 3.90.